The number of aliphatic hydroxyl groups is 1. The van der Waals surface area contributed by atoms with Gasteiger partial charge in [-0.2, -0.15) is 0 Å². The Labute approximate surface area is 324 Å². The van der Waals surface area contributed by atoms with Crippen molar-refractivity contribution in [2.45, 2.75) is 87.5 Å². The van der Waals surface area contributed by atoms with Crippen LogP contribution in [0.4, 0.5) is 5.69 Å². The quantitative estimate of drug-likeness (QED) is 0.115. The van der Waals surface area contributed by atoms with E-state index in [2.05, 4.69) is 18.7 Å². The summed E-state index contributed by atoms with van der Waals surface area (Å²) in [7, 11) is -3.95. The van der Waals surface area contributed by atoms with Crippen molar-refractivity contribution in [3.05, 3.63) is 83.4 Å². The molecule has 4 heterocycles. The van der Waals surface area contributed by atoms with Crippen LogP contribution in [0.25, 0.3) is 0 Å². The van der Waals surface area contributed by atoms with E-state index < -0.39 is 37.4 Å². The molecule has 0 saturated carbocycles. The predicted molar refractivity (Wildman–Crippen MR) is 214 cm³/mol. The van der Waals surface area contributed by atoms with Crippen LogP contribution in [0.2, 0.25) is 0 Å². The first kappa shape index (κ1) is 42.1. The van der Waals surface area contributed by atoms with Crippen LogP contribution in [0.1, 0.15) is 81.4 Å². The second-order valence-corrected chi connectivity index (χ2v) is 19.3. The Bertz CT molecular complexity index is 1870. The predicted octanol–water partition coefficient (Wildman–Crippen LogP) is 6.21. The molecule has 0 radical (unpaired) electrons. The maximum absolute atomic E-state index is 14.1. The van der Waals surface area contributed by atoms with Crippen molar-refractivity contribution in [2.24, 2.45) is 5.41 Å². The molecule has 3 fully saturated rings. The number of nitrogens with zero attached hydrogens (tertiary/aromatic N) is 3. The molecule has 4 aliphatic rings. The molecule has 3 saturated heterocycles. The molecule has 10 nitrogen and oxygen atoms in total. The number of quaternary nitrogens is 1. The fraction of sp³-hybridized carbons (Fsp3) is 0.571. The number of aryl methyl sites for hydroxylation is 1. The van der Waals surface area contributed by atoms with E-state index in [1.165, 1.54) is 62.4 Å². The van der Waals surface area contributed by atoms with Crippen molar-refractivity contribution in [1.82, 2.24) is 4.90 Å². The lowest BCUT2D eigenvalue weighted by Gasteiger charge is -2.50. The van der Waals surface area contributed by atoms with Gasteiger partial charge >= 0.3 is 0 Å². The number of benzene rings is 3. The smallest absolute Gasteiger partial charge is 0.179 e. The van der Waals surface area contributed by atoms with Crippen LogP contribution in [-0.2, 0) is 20.0 Å². The fourth-order valence-corrected chi connectivity index (χ4v) is 11.2. The van der Waals surface area contributed by atoms with Crippen molar-refractivity contribution in [3.8, 4) is 5.75 Å². The molecule has 12 heteroatoms. The van der Waals surface area contributed by atoms with Crippen LogP contribution in [0.3, 0.4) is 0 Å². The lowest BCUT2D eigenvalue weighted by molar-refractivity contribution is -0.941. The second-order valence-electron chi connectivity index (χ2n) is 16.0. The molecule has 4 aliphatic heterocycles. The number of ether oxygens (including phenoxy) is 1. The Balaban J connectivity index is 0.000000438. The number of hydrogen-bond donors (Lipinski definition) is 1. The summed E-state index contributed by atoms with van der Waals surface area (Å²) in [5, 5.41) is 12.4. The minimum Gasteiger partial charge on any atom is -0.744 e. The van der Waals surface area contributed by atoms with Gasteiger partial charge in [0.1, 0.15) is 15.9 Å². The largest absolute Gasteiger partial charge is 0.744 e. The summed E-state index contributed by atoms with van der Waals surface area (Å²) in [6, 6.07) is 19.5. The number of piperazine rings is 3. The lowest BCUT2D eigenvalue weighted by atomic mass is 9.68. The highest BCUT2D eigenvalue weighted by Gasteiger charge is 2.49. The molecule has 1 N–H and O–H groups in total. The zero-order chi connectivity index (χ0) is 39.1. The number of sulfone groups is 1. The molecule has 0 aromatic heterocycles. The molecule has 54 heavy (non-hydrogen) atoms. The van der Waals surface area contributed by atoms with Crippen LogP contribution in [-0.4, -0.2) is 114 Å². The van der Waals surface area contributed by atoms with Crippen molar-refractivity contribution in [1.29, 1.82) is 0 Å². The van der Waals surface area contributed by atoms with Gasteiger partial charge in [0.05, 0.1) is 54.4 Å². The summed E-state index contributed by atoms with van der Waals surface area (Å²) in [5.74, 6) is 0.377. The van der Waals surface area contributed by atoms with Gasteiger partial charge in [0.2, 0.25) is 0 Å². The van der Waals surface area contributed by atoms with Gasteiger partial charge in [-0.1, -0.05) is 69.4 Å². The van der Waals surface area contributed by atoms with E-state index in [1.54, 1.807) is 18.2 Å². The molecule has 2 bridgehead atoms. The van der Waals surface area contributed by atoms with Gasteiger partial charge in [0.15, 0.2) is 9.84 Å². The highest BCUT2D eigenvalue weighted by Crippen LogP contribution is 2.50. The summed E-state index contributed by atoms with van der Waals surface area (Å²) in [4.78, 5) is 4.76. The van der Waals surface area contributed by atoms with E-state index in [0.29, 0.717) is 29.9 Å². The highest BCUT2D eigenvalue weighted by molar-refractivity contribution is 7.91. The number of unbranched alkanes of at least 4 members (excludes halogenated alkanes) is 2. The molecule has 3 aromatic rings. The van der Waals surface area contributed by atoms with Gasteiger partial charge in [-0.05, 0) is 73.4 Å². The topological polar surface area (TPSA) is 127 Å². The molecule has 0 unspecified atom stereocenters. The molecular formula is C42H61N3O7S2. The molecule has 3 aromatic carbocycles. The minimum atomic E-state index is -4.27. The van der Waals surface area contributed by atoms with Crippen molar-refractivity contribution >= 4 is 25.6 Å². The Hall–Kier alpha value is -3.00. The Kier molecular flexibility index (Phi) is 13.9. The van der Waals surface area contributed by atoms with Crippen molar-refractivity contribution < 1.29 is 35.7 Å². The average molecular weight is 784 g/mol. The summed E-state index contributed by atoms with van der Waals surface area (Å²) in [5.41, 5.74) is 2.81. The fourth-order valence-electron chi connectivity index (χ4n) is 8.52. The van der Waals surface area contributed by atoms with Crippen molar-refractivity contribution in [2.75, 3.05) is 77.2 Å². The first-order valence-electron chi connectivity index (χ1n) is 19.7. The Morgan fingerprint density at radius 2 is 1.50 bits per heavy atom. The normalized spacial score (nSPS) is 24.1. The third-order valence-corrected chi connectivity index (χ3v) is 14.8. The maximum atomic E-state index is 14.1. The monoisotopic (exact) mass is 783 g/mol. The maximum Gasteiger partial charge on any atom is 0.179 e. The molecule has 0 spiro atoms. The van der Waals surface area contributed by atoms with Gasteiger partial charge in [0, 0.05) is 57.2 Å². The molecule has 298 valence electrons. The van der Waals surface area contributed by atoms with Crippen LogP contribution < -0.4 is 9.64 Å². The van der Waals surface area contributed by atoms with Crippen LogP contribution in [0.5, 0.6) is 5.75 Å². The van der Waals surface area contributed by atoms with Crippen LogP contribution in [0, 0.1) is 12.3 Å². The van der Waals surface area contributed by atoms with E-state index in [0.717, 1.165) is 54.7 Å². The standard InChI is InChI=1S/C35H54N3O4S.C7H8O3S/c1-5-7-16-35(17-8-6-2)27-43(40,41)32-15-12-29(36(3)4)26-31(32)33(34(35)39)28-10-13-30(14-11-28)42-25-9-21-38-22-18-37(19-23-38)20-24-38;1-6-2-4-7(5-3-6)11(8,9)10/h10-15,26,33-34,39H,5-9,16-25,27H2,1-4H3;2-5H,1H3,(H,8,9,10)/q+1;/p-1/t33-,34-;/m1./s1. The summed E-state index contributed by atoms with van der Waals surface area (Å²) in [6.07, 6.45) is 5.35. The minimum absolute atomic E-state index is 0.00873. The van der Waals surface area contributed by atoms with E-state index in [9.17, 15) is 26.5 Å². The summed E-state index contributed by atoms with van der Waals surface area (Å²) >= 11 is 0. The first-order valence-corrected chi connectivity index (χ1v) is 22.7. The summed E-state index contributed by atoms with van der Waals surface area (Å²) < 4.78 is 66.7. The van der Waals surface area contributed by atoms with Gasteiger partial charge in [0.25, 0.3) is 0 Å². The zero-order valence-electron chi connectivity index (χ0n) is 32.9. The van der Waals surface area contributed by atoms with Gasteiger partial charge in [-0.3, -0.25) is 4.90 Å². The van der Waals surface area contributed by atoms with Crippen LogP contribution >= 0.6 is 0 Å². The summed E-state index contributed by atoms with van der Waals surface area (Å²) in [6.45, 7) is 15.5. The Morgan fingerprint density at radius 3 is 2.04 bits per heavy atom. The van der Waals surface area contributed by atoms with Gasteiger partial charge < -0.3 is 23.8 Å². The number of aliphatic hydroxyl groups excluding tert-OH is 1. The average Bonchev–Trinajstić information content (AvgIpc) is 3.22. The third-order valence-electron chi connectivity index (χ3n) is 11.9. The second kappa shape index (κ2) is 17.9. The molecule has 0 aliphatic carbocycles. The van der Waals surface area contributed by atoms with E-state index in [1.807, 2.05) is 62.3 Å². The lowest BCUT2D eigenvalue weighted by Crippen LogP contribution is -2.67. The highest BCUT2D eigenvalue weighted by atomic mass is 32.2. The number of anilines is 1. The first-order chi connectivity index (χ1) is 25.6. The number of rotatable bonds is 14. The van der Waals surface area contributed by atoms with E-state index in [-0.39, 0.29) is 10.6 Å². The third kappa shape index (κ3) is 10.0. The molecule has 0 amide bonds. The van der Waals surface area contributed by atoms with Crippen LogP contribution in [0.15, 0.2) is 76.5 Å². The Morgan fingerprint density at radius 1 is 0.907 bits per heavy atom. The number of fused-ring (bicyclic) bond motifs is 4. The van der Waals surface area contributed by atoms with Gasteiger partial charge in [-0.25, -0.2) is 16.8 Å². The molecular weight excluding hydrogens is 723 g/mol. The number of hydrogen-bond acceptors (Lipinski definition) is 9. The van der Waals surface area contributed by atoms with E-state index in [4.69, 9.17) is 4.74 Å². The van der Waals surface area contributed by atoms with Gasteiger partial charge in [-0.15, -0.1) is 0 Å². The van der Waals surface area contributed by atoms with Crippen molar-refractivity contribution in [3.63, 3.8) is 0 Å². The zero-order valence-corrected chi connectivity index (χ0v) is 34.5. The van der Waals surface area contributed by atoms with E-state index >= 15 is 0 Å². The SMILES string of the molecule is CCCCC1(CCCC)CS(=O)(=O)c2ccc(N(C)C)cc2[C@@H](c2ccc(OCCC[N+]34CCN(CC3)CC4)cc2)[C@H]1O.Cc1ccc(S(=O)(=O)[O-])cc1. The molecule has 2 atom stereocenters. The molecule has 7 rings (SSSR count).